The molecule has 0 fully saturated rings. The Balaban J connectivity index is 0. The number of nitrogens with zero attached hydrogens (tertiary/aromatic N) is 4. The molecular weight excluding hydrogens is 359 g/mol. The van der Waals surface area contributed by atoms with E-state index in [0.29, 0.717) is 0 Å². The molecule has 0 radical (unpaired) electrons. The molecule has 13 heavy (non-hydrogen) atoms. The molecule has 0 unspecified atom stereocenters. The largest absolute Gasteiger partial charge is 4.00 e. The predicted molar refractivity (Wildman–Crippen MR) is 16.2 cm³/mol. The molecule has 0 aliphatic carbocycles. The van der Waals surface area contributed by atoms with E-state index >= 15 is 0 Å². The van der Waals surface area contributed by atoms with Crippen molar-refractivity contribution in [2.75, 3.05) is 0 Å². The molecule has 0 bridgehead atoms. The van der Waals surface area contributed by atoms with Crippen LogP contribution in [0.2, 0.25) is 0 Å². The van der Waals surface area contributed by atoms with Gasteiger partial charge in [0, 0.05) is 0 Å². The van der Waals surface area contributed by atoms with Gasteiger partial charge in [0.15, 0.2) is 0 Å². The monoisotopic (exact) mass is 360 g/mol. The second kappa shape index (κ2) is 293. The van der Waals surface area contributed by atoms with E-state index in [1.165, 1.54) is 0 Å². The van der Waals surface area contributed by atoms with Gasteiger partial charge >= 0.3 is 109 Å². The summed E-state index contributed by atoms with van der Waals surface area (Å²) < 4.78 is 0. The van der Waals surface area contributed by atoms with Crippen LogP contribution in [0.1, 0.15) is 0 Å². The van der Waals surface area contributed by atoms with Gasteiger partial charge in [0.2, 0.25) is 0 Å². The van der Waals surface area contributed by atoms with Crippen LogP contribution >= 0.6 is 0 Å². The average Bonchev–Trinajstić information content (AvgIpc) is 0. The van der Waals surface area contributed by atoms with Crippen molar-refractivity contribution in [2.45, 2.75) is 0 Å². The van der Waals surface area contributed by atoms with Gasteiger partial charge in [-0.2, -0.15) is 0 Å². The van der Waals surface area contributed by atoms with Crippen LogP contribution < -0.4 is 0 Å². The summed E-state index contributed by atoms with van der Waals surface area (Å²) in [7, 11) is 0. The Bertz CT molecular complexity index is 20.5. The molecule has 0 saturated heterocycles. The molecule has 0 saturated carbocycles. The van der Waals surface area contributed by atoms with Crippen LogP contribution in [0.3, 0.4) is 0 Å². The van der Waals surface area contributed by atoms with Gasteiger partial charge in [-0.15, -0.1) is 0 Å². The zero-order valence-corrected chi connectivity index (χ0v) is 13.7. The molecular formula is N4O4Ti5. The molecule has 8 nitrogen and oxygen atoms in total. The molecule has 64 valence electrons. The summed E-state index contributed by atoms with van der Waals surface area (Å²) in [5, 5.41) is 0. The molecule has 13 heteroatoms. The summed E-state index contributed by atoms with van der Waals surface area (Å²) in [6.45, 7) is 0. The molecule has 0 N–H and O–H groups in total. The fourth-order valence-electron chi connectivity index (χ4n) is 0. The standard InChI is InChI=1S/4N.4O.5Ti/q4*-3;4*-2;5*+4. The van der Waals surface area contributed by atoms with Crippen molar-refractivity contribution in [3.8, 4) is 0 Å². The van der Waals surface area contributed by atoms with Gasteiger partial charge < -0.3 is 46.5 Å². The van der Waals surface area contributed by atoms with Crippen molar-refractivity contribution in [3.05, 3.63) is 24.6 Å². The van der Waals surface area contributed by atoms with Crippen molar-refractivity contribution in [2.24, 2.45) is 0 Å². The van der Waals surface area contributed by atoms with E-state index < -0.39 is 0 Å². The zero-order chi connectivity index (χ0) is 0. The zero-order valence-electron chi connectivity index (χ0n) is 5.92. The molecule has 0 aromatic carbocycles. The summed E-state index contributed by atoms with van der Waals surface area (Å²) in [6.07, 6.45) is 0. The quantitative estimate of drug-likeness (QED) is 0.542. The van der Waals surface area contributed by atoms with Crippen molar-refractivity contribution in [1.29, 1.82) is 0 Å². The smallest absolute Gasteiger partial charge is 3.00 e. The van der Waals surface area contributed by atoms with Gasteiger partial charge in [-0.25, -0.2) is 0 Å². The summed E-state index contributed by atoms with van der Waals surface area (Å²) in [5.74, 6) is 0. The van der Waals surface area contributed by atoms with Gasteiger partial charge in [0.1, 0.15) is 0 Å². The van der Waals surface area contributed by atoms with Crippen LogP contribution in [-0.2, 0) is 130 Å². The minimum Gasteiger partial charge on any atom is -3.00 e. The van der Waals surface area contributed by atoms with Gasteiger partial charge in [0.25, 0.3) is 0 Å². The number of hydrogen-bond acceptors (Lipinski definition) is 0. The molecule has 0 aliphatic rings. The second-order valence-electron chi connectivity index (χ2n) is 0. The van der Waals surface area contributed by atoms with Crippen LogP contribution in [0.25, 0.3) is 24.6 Å². The fraction of sp³-hybridized carbons (Fsp3) is 0. The first kappa shape index (κ1) is 358. The Kier molecular flexibility index (Phi) is 8060. The number of rotatable bonds is 0. The van der Waals surface area contributed by atoms with E-state index in [4.69, 9.17) is 0 Å². The Hall–Kier alpha value is 3.25. The molecule has 0 rings (SSSR count). The molecule has 0 aromatic rings. The van der Waals surface area contributed by atoms with E-state index in [1.807, 2.05) is 0 Å². The Morgan fingerprint density at radius 3 is 0.231 bits per heavy atom. The first-order chi connectivity index (χ1) is 0. The fourth-order valence-corrected chi connectivity index (χ4v) is 0. The van der Waals surface area contributed by atoms with E-state index in [1.54, 1.807) is 0 Å². The second-order valence-corrected chi connectivity index (χ2v) is 0. The van der Waals surface area contributed by atoms with E-state index in [0.717, 1.165) is 0 Å². The van der Waals surface area contributed by atoms with Crippen molar-refractivity contribution in [3.63, 3.8) is 0 Å². The maximum atomic E-state index is 0. The minimum atomic E-state index is 0. The minimum absolute atomic E-state index is 0. The van der Waals surface area contributed by atoms with Crippen LogP contribution in [0.4, 0.5) is 0 Å². The maximum Gasteiger partial charge on any atom is 4.00 e. The molecule has 0 amide bonds. The topological polar surface area (TPSA) is 236 Å². The molecule has 0 atom stereocenters. The number of hydrogen-bond donors (Lipinski definition) is 0. The van der Waals surface area contributed by atoms with Gasteiger partial charge in [-0.1, -0.05) is 0 Å². The Morgan fingerprint density at radius 1 is 0.231 bits per heavy atom. The normalized spacial score (nSPS) is 0. The van der Waals surface area contributed by atoms with E-state index in [2.05, 4.69) is 0 Å². The van der Waals surface area contributed by atoms with Crippen molar-refractivity contribution < 1.29 is 130 Å². The molecule has 0 heterocycles. The molecule has 0 aliphatic heterocycles. The van der Waals surface area contributed by atoms with Crippen LogP contribution in [0, 0.1) is 0 Å². The summed E-state index contributed by atoms with van der Waals surface area (Å²) in [4.78, 5) is 0. The average molecular weight is 359 g/mol. The van der Waals surface area contributed by atoms with E-state index in [9.17, 15) is 0 Å². The maximum absolute atomic E-state index is 0. The van der Waals surface area contributed by atoms with Gasteiger partial charge in [0.05, 0.1) is 0 Å². The first-order valence-corrected chi connectivity index (χ1v) is 0. The summed E-state index contributed by atoms with van der Waals surface area (Å²) in [6, 6.07) is 0. The van der Waals surface area contributed by atoms with E-state index in [-0.39, 0.29) is 155 Å². The Labute approximate surface area is 153 Å². The van der Waals surface area contributed by atoms with Gasteiger partial charge in [-0.3, -0.25) is 0 Å². The summed E-state index contributed by atoms with van der Waals surface area (Å²) in [5.41, 5.74) is 0. The predicted octanol–water partition coefficient (Wildman–Crippen LogP) is 0.667. The Morgan fingerprint density at radius 2 is 0.231 bits per heavy atom. The molecule has 0 spiro atoms. The van der Waals surface area contributed by atoms with Crippen LogP contribution in [0.15, 0.2) is 0 Å². The summed E-state index contributed by atoms with van der Waals surface area (Å²) >= 11 is 0. The molecule has 0 aromatic heterocycles. The van der Waals surface area contributed by atoms with Gasteiger partial charge in [-0.05, 0) is 0 Å². The third-order valence-corrected chi connectivity index (χ3v) is 0. The van der Waals surface area contributed by atoms with Crippen molar-refractivity contribution >= 4 is 0 Å². The third kappa shape index (κ3) is 253. The van der Waals surface area contributed by atoms with Crippen LogP contribution in [0.5, 0.6) is 0 Å². The SMILES string of the molecule is [N-3].[N-3].[N-3].[N-3].[O-2].[O-2].[O-2].[O-2].[Ti+4].[Ti+4].[Ti+4].[Ti+4].[Ti+4]. The third-order valence-electron chi connectivity index (χ3n) is 0. The van der Waals surface area contributed by atoms with Crippen molar-refractivity contribution in [1.82, 2.24) is 0 Å². The van der Waals surface area contributed by atoms with Crippen LogP contribution in [-0.4, -0.2) is 0 Å². The first-order valence-electron chi connectivity index (χ1n) is 0.